The van der Waals surface area contributed by atoms with Crippen LogP contribution in [0.2, 0.25) is 5.28 Å². The van der Waals surface area contributed by atoms with Crippen LogP contribution in [-0.2, 0) is 4.79 Å². The van der Waals surface area contributed by atoms with Gasteiger partial charge in [0.05, 0.1) is 0 Å². The third-order valence-electron chi connectivity index (χ3n) is 2.06. The van der Waals surface area contributed by atoms with Crippen molar-refractivity contribution in [3.8, 4) is 0 Å². The van der Waals surface area contributed by atoms with Gasteiger partial charge < -0.3 is 16.0 Å². The topological polar surface area (TPSA) is 97.0 Å². The molecule has 0 saturated carbocycles. The van der Waals surface area contributed by atoms with Crippen molar-refractivity contribution in [3.05, 3.63) is 5.28 Å². The summed E-state index contributed by atoms with van der Waals surface area (Å²) in [6.07, 6.45) is 0.160. The van der Waals surface area contributed by atoms with Crippen LogP contribution < -0.4 is 16.0 Å². The second-order valence-electron chi connectivity index (χ2n) is 4.77. The lowest BCUT2D eigenvalue weighted by atomic mass is 10.0. The van der Waals surface area contributed by atoms with Crippen molar-refractivity contribution >= 4 is 29.4 Å². The monoisotopic (exact) mass is 272 g/mol. The van der Waals surface area contributed by atoms with Crippen molar-refractivity contribution in [1.82, 2.24) is 15.0 Å². The van der Waals surface area contributed by atoms with Gasteiger partial charge in [0.15, 0.2) is 0 Å². The van der Waals surface area contributed by atoms with E-state index < -0.39 is 11.4 Å². The number of nitrogens with zero attached hydrogens (tertiary/aromatic N) is 4. The normalized spacial score (nSPS) is 11.2. The maximum atomic E-state index is 10.9. The molecule has 1 heterocycles. The lowest BCUT2D eigenvalue weighted by Crippen LogP contribution is -2.36. The minimum absolute atomic E-state index is 0.0890. The van der Waals surface area contributed by atoms with Crippen LogP contribution in [0.1, 0.15) is 20.3 Å². The smallest absolute Gasteiger partial charge is 0.230 e. The van der Waals surface area contributed by atoms with Gasteiger partial charge in [-0.15, -0.1) is 0 Å². The summed E-state index contributed by atoms with van der Waals surface area (Å²) < 4.78 is 0. The fourth-order valence-corrected chi connectivity index (χ4v) is 1.53. The maximum Gasteiger partial charge on any atom is 0.230 e. The average molecular weight is 273 g/mol. The first-order valence-electron chi connectivity index (χ1n) is 5.35. The number of aromatic nitrogens is 3. The highest BCUT2D eigenvalue weighted by atomic mass is 35.5. The molecule has 1 rings (SSSR count). The minimum atomic E-state index is -0.555. The van der Waals surface area contributed by atoms with E-state index in [1.807, 2.05) is 13.8 Å². The van der Waals surface area contributed by atoms with Gasteiger partial charge >= 0.3 is 0 Å². The predicted molar refractivity (Wildman–Crippen MR) is 70.7 cm³/mol. The largest absolute Gasteiger partial charge is 0.370 e. The summed E-state index contributed by atoms with van der Waals surface area (Å²) in [6.45, 7) is 3.65. The fourth-order valence-electron chi connectivity index (χ4n) is 1.38. The zero-order valence-corrected chi connectivity index (χ0v) is 11.6. The van der Waals surface area contributed by atoms with Crippen molar-refractivity contribution in [1.29, 1.82) is 0 Å². The van der Waals surface area contributed by atoms with Gasteiger partial charge in [-0.2, -0.15) is 15.0 Å². The molecule has 1 aromatic rings. The standard InChI is InChI=1S/C10H17ClN6O/c1-10(2,5-6(12)18)16-8-13-7(11)14-9(15-8)17(3)4/h5H2,1-4H3,(H2,12,18)(H,13,14,15,16). The molecule has 0 unspecified atom stereocenters. The molecule has 0 radical (unpaired) electrons. The number of nitrogens with one attached hydrogen (secondary N) is 1. The van der Waals surface area contributed by atoms with Crippen LogP contribution in [0.15, 0.2) is 0 Å². The predicted octanol–water partition coefficient (Wildman–Crippen LogP) is 0.657. The van der Waals surface area contributed by atoms with E-state index in [2.05, 4.69) is 20.3 Å². The fraction of sp³-hybridized carbons (Fsp3) is 0.600. The van der Waals surface area contributed by atoms with E-state index in [1.165, 1.54) is 0 Å². The Morgan fingerprint density at radius 2 is 2.00 bits per heavy atom. The van der Waals surface area contributed by atoms with E-state index >= 15 is 0 Å². The molecule has 0 aliphatic rings. The molecular formula is C10H17ClN6O. The van der Waals surface area contributed by atoms with Crippen LogP contribution in [-0.4, -0.2) is 40.5 Å². The summed E-state index contributed by atoms with van der Waals surface area (Å²) in [7, 11) is 3.59. The summed E-state index contributed by atoms with van der Waals surface area (Å²) in [5, 5.41) is 3.10. The highest BCUT2D eigenvalue weighted by molar-refractivity contribution is 6.28. The van der Waals surface area contributed by atoms with Crippen molar-refractivity contribution in [3.63, 3.8) is 0 Å². The molecule has 0 aliphatic carbocycles. The van der Waals surface area contributed by atoms with E-state index in [0.717, 1.165) is 0 Å². The first-order chi connectivity index (χ1) is 8.19. The third-order valence-corrected chi connectivity index (χ3v) is 2.23. The first-order valence-corrected chi connectivity index (χ1v) is 5.73. The Balaban J connectivity index is 2.93. The lowest BCUT2D eigenvalue weighted by molar-refractivity contribution is -0.118. The maximum absolute atomic E-state index is 10.9. The average Bonchev–Trinajstić information content (AvgIpc) is 2.12. The molecule has 18 heavy (non-hydrogen) atoms. The molecular weight excluding hydrogens is 256 g/mol. The number of halogens is 1. The quantitative estimate of drug-likeness (QED) is 0.817. The van der Waals surface area contributed by atoms with Crippen LogP contribution in [0.3, 0.4) is 0 Å². The van der Waals surface area contributed by atoms with E-state index in [9.17, 15) is 4.79 Å². The zero-order chi connectivity index (χ0) is 13.9. The van der Waals surface area contributed by atoms with Crippen molar-refractivity contribution in [2.24, 2.45) is 5.73 Å². The summed E-state index contributed by atoms with van der Waals surface area (Å²) in [4.78, 5) is 24.8. The number of rotatable bonds is 5. The summed E-state index contributed by atoms with van der Waals surface area (Å²) in [5.74, 6) is 0.345. The van der Waals surface area contributed by atoms with E-state index in [0.29, 0.717) is 11.9 Å². The van der Waals surface area contributed by atoms with E-state index in [4.69, 9.17) is 17.3 Å². The molecule has 0 spiro atoms. The number of hydrogen-bond donors (Lipinski definition) is 2. The SMILES string of the molecule is CN(C)c1nc(Cl)nc(NC(C)(C)CC(N)=O)n1. The molecule has 0 aliphatic heterocycles. The Morgan fingerprint density at radius 3 is 2.50 bits per heavy atom. The van der Waals surface area contributed by atoms with Crippen molar-refractivity contribution < 1.29 is 4.79 Å². The number of nitrogens with two attached hydrogens (primary N) is 1. The number of carbonyl (C=O) groups excluding carboxylic acids is 1. The highest BCUT2D eigenvalue weighted by Gasteiger charge is 2.22. The van der Waals surface area contributed by atoms with Gasteiger partial charge in [-0.25, -0.2) is 0 Å². The van der Waals surface area contributed by atoms with Crippen LogP contribution >= 0.6 is 11.6 Å². The van der Waals surface area contributed by atoms with E-state index in [1.54, 1.807) is 19.0 Å². The zero-order valence-electron chi connectivity index (χ0n) is 10.9. The Bertz CT molecular complexity index is 448. The Hall–Kier alpha value is -1.63. The lowest BCUT2D eigenvalue weighted by Gasteiger charge is -2.25. The molecule has 0 atom stereocenters. The number of anilines is 2. The first kappa shape index (κ1) is 14.4. The molecule has 0 bridgehead atoms. The van der Waals surface area contributed by atoms with Crippen molar-refractivity contribution in [2.45, 2.75) is 25.8 Å². The Labute approximate surface area is 111 Å². The highest BCUT2D eigenvalue weighted by Crippen LogP contribution is 2.17. The number of carbonyl (C=O) groups is 1. The van der Waals surface area contributed by atoms with Gasteiger partial charge in [0.1, 0.15) is 0 Å². The second-order valence-corrected chi connectivity index (χ2v) is 5.11. The summed E-state index contributed by atoms with van der Waals surface area (Å²) in [5.41, 5.74) is 4.62. The molecule has 3 N–H and O–H groups in total. The molecule has 0 fully saturated rings. The van der Waals surface area contributed by atoms with Gasteiger partial charge in [-0.05, 0) is 25.4 Å². The van der Waals surface area contributed by atoms with Crippen LogP contribution in [0.4, 0.5) is 11.9 Å². The van der Waals surface area contributed by atoms with Crippen LogP contribution in [0.5, 0.6) is 0 Å². The molecule has 1 amide bonds. The molecule has 0 saturated heterocycles. The Kier molecular flexibility index (Phi) is 4.28. The Morgan fingerprint density at radius 1 is 1.39 bits per heavy atom. The summed E-state index contributed by atoms with van der Waals surface area (Å²) >= 11 is 5.81. The van der Waals surface area contributed by atoms with Crippen LogP contribution in [0, 0.1) is 0 Å². The van der Waals surface area contributed by atoms with Crippen LogP contribution in [0.25, 0.3) is 0 Å². The van der Waals surface area contributed by atoms with Crippen molar-refractivity contribution in [2.75, 3.05) is 24.3 Å². The van der Waals surface area contributed by atoms with Gasteiger partial charge in [-0.1, -0.05) is 0 Å². The second kappa shape index (κ2) is 5.34. The van der Waals surface area contributed by atoms with Gasteiger partial charge in [0, 0.05) is 26.1 Å². The molecule has 7 nitrogen and oxygen atoms in total. The number of amides is 1. The van der Waals surface area contributed by atoms with E-state index in [-0.39, 0.29) is 11.7 Å². The molecule has 100 valence electrons. The summed E-state index contributed by atoms with van der Waals surface area (Å²) in [6, 6.07) is 0. The molecule has 1 aromatic heterocycles. The number of primary amides is 1. The van der Waals surface area contributed by atoms with Gasteiger partial charge in [0.25, 0.3) is 0 Å². The molecule has 0 aromatic carbocycles. The van der Waals surface area contributed by atoms with Gasteiger partial charge in [-0.3, -0.25) is 4.79 Å². The third kappa shape index (κ3) is 4.33. The van der Waals surface area contributed by atoms with Gasteiger partial charge in [0.2, 0.25) is 23.1 Å². The minimum Gasteiger partial charge on any atom is -0.370 e. The molecule has 8 heteroatoms. The number of hydrogen-bond acceptors (Lipinski definition) is 6.